The highest BCUT2D eigenvalue weighted by Crippen LogP contribution is 2.36. The van der Waals surface area contributed by atoms with Crippen LogP contribution in [0, 0.1) is 5.82 Å². The van der Waals surface area contributed by atoms with E-state index in [9.17, 15) is 4.39 Å². The summed E-state index contributed by atoms with van der Waals surface area (Å²) in [6, 6.07) is 5.44. The van der Waals surface area contributed by atoms with E-state index in [0.29, 0.717) is 6.04 Å². The SMILES string of the molecule is CC1NCCC1(C)c1ccc(F)c(Cl)c1. The summed E-state index contributed by atoms with van der Waals surface area (Å²) in [6.45, 7) is 5.36. The normalized spacial score (nSPS) is 30.8. The maximum absolute atomic E-state index is 13.1. The van der Waals surface area contributed by atoms with Crippen molar-refractivity contribution in [3.05, 3.63) is 34.6 Å². The van der Waals surface area contributed by atoms with Crippen molar-refractivity contribution in [1.29, 1.82) is 0 Å². The summed E-state index contributed by atoms with van der Waals surface area (Å²) in [5.41, 5.74) is 1.18. The summed E-state index contributed by atoms with van der Waals surface area (Å²) in [5, 5.41) is 3.62. The summed E-state index contributed by atoms with van der Waals surface area (Å²) in [7, 11) is 0. The van der Waals surface area contributed by atoms with Gasteiger partial charge in [0.25, 0.3) is 0 Å². The van der Waals surface area contributed by atoms with Crippen LogP contribution in [0.25, 0.3) is 0 Å². The molecular weight excluding hydrogens is 213 g/mol. The fourth-order valence-electron chi connectivity index (χ4n) is 2.24. The predicted octanol–water partition coefficient (Wildman–Crippen LogP) is 3.12. The van der Waals surface area contributed by atoms with Gasteiger partial charge >= 0.3 is 0 Å². The van der Waals surface area contributed by atoms with E-state index in [2.05, 4.69) is 19.2 Å². The molecule has 1 heterocycles. The lowest BCUT2D eigenvalue weighted by molar-refractivity contribution is 0.426. The molecule has 1 aromatic carbocycles. The molecule has 0 spiro atoms. The minimum absolute atomic E-state index is 0.0668. The van der Waals surface area contributed by atoms with Gasteiger partial charge in [0, 0.05) is 11.5 Å². The van der Waals surface area contributed by atoms with Crippen molar-refractivity contribution in [3.63, 3.8) is 0 Å². The number of hydrogen-bond donors (Lipinski definition) is 1. The van der Waals surface area contributed by atoms with E-state index in [1.807, 2.05) is 6.07 Å². The first kappa shape index (κ1) is 10.9. The van der Waals surface area contributed by atoms with Crippen LogP contribution in [-0.2, 0) is 5.41 Å². The third kappa shape index (κ3) is 1.77. The maximum atomic E-state index is 13.1. The van der Waals surface area contributed by atoms with Gasteiger partial charge in [0.1, 0.15) is 5.82 Å². The zero-order valence-corrected chi connectivity index (χ0v) is 9.74. The topological polar surface area (TPSA) is 12.0 Å². The molecule has 0 radical (unpaired) electrons. The summed E-state index contributed by atoms with van der Waals surface area (Å²) in [6.07, 6.45) is 1.07. The highest BCUT2D eigenvalue weighted by Gasteiger charge is 2.37. The Morgan fingerprint density at radius 3 is 2.80 bits per heavy atom. The van der Waals surface area contributed by atoms with E-state index in [4.69, 9.17) is 11.6 Å². The standard InChI is InChI=1S/C12H15ClFN/c1-8-12(2,5-6-15-8)9-3-4-11(14)10(13)7-9/h3-4,7-8,15H,5-6H2,1-2H3. The lowest BCUT2D eigenvalue weighted by Gasteiger charge is -2.29. The third-order valence-corrected chi connectivity index (χ3v) is 3.92. The molecule has 1 N–H and O–H groups in total. The minimum Gasteiger partial charge on any atom is -0.313 e. The van der Waals surface area contributed by atoms with Crippen LogP contribution in [0.4, 0.5) is 4.39 Å². The molecule has 1 aromatic rings. The first-order valence-corrected chi connectivity index (χ1v) is 5.61. The van der Waals surface area contributed by atoms with Crippen molar-refractivity contribution in [2.75, 3.05) is 6.54 Å². The molecule has 15 heavy (non-hydrogen) atoms. The van der Waals surface area contributed by atoms with Crippen LogP contribution in [0.3, 0.4) is 0 Å². The second-order valence-electron chi connectivity index (χ2n) is 4.47. The van der Waals surface area contributed by atoms with Crippen LogP contribution in [0.2, 0.25) is 5.02 Å². The van der Waals surface area contributed by atoms with E-state index in [-0.39, 0.29) is 16.3 Å². The Hall–Kier alpha value is -0.600. The van der Waals surface area contributed by atoms with Gasteiger partial charge in [-0.3, -0.25) is 0 Å². The second kappa shape index (κ2) is 3.76. The molecule has 1 saturated heterocycles. The Morgan fingerprint density at radius 2 is 2.27 bits per heavy atom. The molecule has 1 fully saturated rings. The zero-order valence-electron chi connectivity index (χ0n) is 8.98. The van der Waals surface area contributed by atoms with E-state index in [1.54, 1.807) is 6.07 Å². The molecule has 2 rings (SSSR count). The lowest BCUT2D eigenvalue weighted by Crippen LogP contribution is -2.35. The number of hydrogen-bond acceptors (Lipinski definition) is 1. The molecule has 1 nitrogen and oxygen atoms in total. The van der Waals surface area contributed by atoms with Gasteiger partial charge < -0.3 is 5.32 Å². The first-order chi connectivity index (χ1) is 7.04. The molecule has 0 aromatic heterocycles. The van der Waals surface area contributed by atoms with E-state index in [1.165, 1.54) is 6.07 Å². The molecular formula is C12H15ClFN. The van der Waals surface area contributed by atoms with E-state index in [0.717, 1.165) is 18.5 Å². The van der Waals surface area contributed by atoms with Gasteiger partial charge in [-0.1, -0.05) is 24.6 Å². The fourth-order valence-corrected chi connectivity index (χ4v) is 2.42. The lowest BCUT2D eigenvalue weighted by atomic mass is 9.77. The Morgan fingerprint density at radius 1 is 1.53 bits per heavy atom. The molecule has 82 valence electrons. The molecule has 0 saturated carbocycles. The van der Waals surface area contributed by atoms with Crippen LogP contribution in [0.1, 0.15) is 25.8 Å². The Kier molecular flexibility index (Phi) is 2.73. The van der Waals surface area contributed by atoms with Gasteiger partial charge in [-0.25, -0.2) is 4.39 Å². The summed E-state index contributed by atoms with van der Waals surface area (Å²) >= 11 is 5.81. The highest BCUT2D eigenvalue weighted by molar-refractivity contribution is 6.30. The summed E-state index contributed by atoms with van der Waals surface area (Å²) < 4.78 is 13.1. The summed E-state index contributed by atoms with van der Waals surface area (Å²) in [4.78, 5) is 0. The van der Waals surface area contributed by atoms with Crippen LogP contribution in [0.15, 0.2) is 18.2 Å². The van der Waals surface area contributed by atoms with Gasteiger partial charge in [0.2, 0.25) is 0 Å². The largest absolute Gasteiger partial charge is 0.313 e. The van der Waals surface area contributed by atoms with Crippen LogP contribution in [0.5, 0.6) is 0 Å². The quantitative estimate of drug-likeness (QED) is 0.778. The molecule has 3 heteroatoms. The third-order valence-electron chi connectivity index (χ3n) is 3.63. The van der Waals surface area contributed by atoms with Crippen LogP contribution < -0.4 is 5.32 Å². The van der Waals surface area contributed by atoms with Crippen LogP contribution >= 0.6 is 11.6 Å². The number of rotatable bonds is 1. The van der Waals surface area contributed by atoms with Crippen molar-refractivity contribution < 1.29 is 4.39 Å². The van der Waals surface area contributed by atoms with Gasteiger partial charge in [-0.15, -0.1) is 0 Å². The Bertz CT molecular complexity index is 380. The fraction of sp³-hybridized carbons (Fsp3) is 0.500. The zero-order chi connectivity index (χ0) is 11.1. The molecule has 0 amide bonds. The first-order valence-electron chi connectivity index (χ1n) is 5.23. The minimum atomic E-state index is -0.345. The number of benzene rings is 1. The predicted molar refractivity (Wildman–Crippen MR) is 60.8 cm³/mol. The average molecular weight is 228 g/mol. The summed E-state index contributed by atoms with van der Waals surface area (Å²) in [5.74, 6) is -0.345. The van der Waals surface area contributed by atoms with E-state index < -0.39 is 0 Å². The van der Waals surface area contributed by atoms with Crippen molar-refractivity contribution in [3.8, 4) is 0 Å². The molecule has 0 bridgehead atoms. The average Bonchev–Trinajstić information content (AvgIpc) is 2.53. The van der Waals surface area contributed by atoms with Gasteiger partial charge in [-0.05, 0) is 37.6 Å². The highest BCUT2D eigenvalue weighted by atomic mass is 35.5. The Labute approximate surface area is 94.6 Å². The van der Waals surface area contributed by atoms with Crippen molar-refractivity contribution in [2.45, 2.75) is 31.7 Å². The maximum Gasteiger partial charge on any atom is 0.141 e. The molecule has 1 aliphatic heterocycles. The number of halogens is 2. The van der Waals surface area contributed by atoms with Gasteiger partial charge in [0.05, 0.1) is 5.02 Å². The van der Waals surface area contributed by atoms with E-state index >= 15 is 0 Å². The second-order valence-corrected chi connectivity index (χ2v) is 4.88. The van der Waals surface area contributed by atoms with Crippen molar-refractivity contribution >= 4 is 11.6 Å². The monoisotopic (exact) mass is 227 g/mol. The smallest absolute Gasteiger partial charge is 0.141 e. The van der Waals surface area contributed by atoms with Gasteiger partial charge in [0.15, 0.2) is 0 Å². The molecule has 2 atom stereocenters. The molecule has 2 unspecified atom stereocenters. The van der Waals surface area contributed by atoms with Crippen molar-refractivity contribution in [1.82, 2.24) is 5.32 Å². The van der Waals surface area contributed by atoms with Gasteiger partial charge in [-0.2, -0.15) is 0 Å². The van der Waals surface area contributed by atoms with Crippen LogP contribution in [-0.4, -0.2) is 12.6 Å². The number of nitrogens with one attached hydrogen (secondary N) is 1. The van der Waals surface area contributed by atoms with Crippen molar-refractivity contribution in [2.24, 2.45) is 0 Å². The molecule has 1 aliphatic rings. The molecule has 0 aliphatic carbocycles. The Balaban J connectivity index is 2.40.